The molecule has 5 heteroatoms. The summed E-state index contributed by atoms with van der Waals surface area (Å²) in [6.45, 7) is 4.07. The van der Waals surface area contributed by atoms with Crippen molar-refractivity contribution in [3.05, 3.63) is 0 Å². The van der Waals surface area contributed by atoms with Crippen molar-refractivity contribution in [2.24, 2.45) is 5.92 Å². The lowest BCUT2D eigenvalue weighted by Crippen LogP contribution is -2.54. The number of nitrogens with one attached hydrogen (secondary N) is 1. The van der Waals surface area contributed by atoms with E-state index in [1.807, 2.05) is 9.80 Å². The fraction of sp³-hybridized carbons (Fsp3) is 0.875. The lowest BCUT2D eigenvalue weighted by molar-refractivity contribution is -0.146. The van der Waals surface area contributed by atoms with Crippen LogP contribution in [0.2, 0.25) is 0 Å². The van der Waals surface area contributed by atoms with Gasteiger partial charge in [-0.25, -0.2) is 0 Å². The Kier molecular flexibility index (Phi) is 4.78. The van der Waals surface area contributed by atoms with E-state index in [1.165, 1.54) is 19.3 Å². The van der Waals surface area contributed by atoms with Gasteiger partial charge in [-0.3, -0.25) is 9.59 Å². The maximum absolute atomic E-state index is 12.7. The van der Waals surface area contributed by atoms with Crippen LogP contribution in [0.5, 0.6) is 0 Å². The minimum atomic E-state index is -0.183. The number of hydrogen-bond acceptors (Lipinski definition) is 3. The van der Waals surface area contributed by atoms with E-state index in [2.05, 4.69) is 5.32 Å². The smallest absolute Gasteiger partial charge is 0.245 e. The van der Waals surface area contributed by atoms with E-state index in [-0.39, 0.29) is 23.8 Å². The van der Waals surface area contributed by atoms with Crippen molar-refractivity contribution in [3.63, 3.8) is 0 Å². The maximum Gasteiger partial charge on any atom is 0.245 e. The number of likely N-dealkylation sites (tertiary alicyclic amines) is 1. The molecule has 2 saturated heterocycles. The van der Waals surface area contributed by atoms with Crippen LogP contribution in [0, 0.1) is 5.92 Å². The van der Waals surface area contributed by atoms with Gasteiger partial charge in [-0.1, -0.05) is 19.3 Å². The molecule has 1 saturated carbocycles. The normalized spacial score (nSPS) is 27.9. The van der Waals surface area contributed by atoms with Crippen LogP contribution in [0.3, 0.4) is 0 Å². The summed E-state index contributed by atoms with van der Waals surface area (Å²) in [7, 11) is 0. The van der Waals surface area contributed by atoms with E-state index in [4.69, 9.17) is 0 Å². The maximum atomic E-state index is 12.7. The molecule has 2 amide bonds. The zero-order valence-corrected chi connectivity index (χ0v) is 12.9. The SMILES string of the molecule is O=C(C1CCCN1C(=O)C1CCCCC1)N1CCNCC1. The van der Waals surface area contributed by atoms with Gasteiger partial charge < -0.3 is 15.1 Å². The molecule has 1 N–H and O–H groups in total. The molecule has 0 aromatic rings. The Bertz CT molecular complexity index is 351. The Balaban J connectivity index is 1.63. The Labute approximate surface area is 127 Å². The van der Waals surface area contributed by atoms with Crippen LogP contribution < -0.4 is 5.32 Å². The van der Waals surface area contributed by atoms with Gasteiger partial charge in [0.15, 0.2) is 0 Å². The van der Waals surface area contributed by atoms with Gasteiger partial charge in [0.1, 0.15) is 6.04 Å². The summed E-state index contributed by atoms with van der Waals surface area (Å²) in [6.07, 6.45) is 7.45. The predicted octanol–water partition coefficient (Wildman–Crippen LogP) is 0.990. The second-order valence-corrected chi connectivity index (χ2v) is 6.60. The monoisotopic (exact) mass is 293 g/mol. The van der Waals surface area contributed by atoms with E-state index in [0.717, 1.165) is 58.4 Å². The molecule has 118 valence electrons. The van der Waals surface area contributed by atoms with Gasteiger partial charge in [0, 0.05) is 38.6 Å². The van der Waals surface area contributed by atoms with Crippen molar-refractivity contribution < 1.29 is 9.59 Å². The van der Waals surface area contributed by atoms with Gasteiger partial charge in [0.05, 0.1) is 0 Å². The molecule has 2 heterocycles. The number of piperazine rings is 1. The first-order valence-corrected chi connectivity index (χ1v) is 8.57. The summed E-state index contributed by atoms with van der Waals surface area (Å²) >= 11 is 0. The number of nitrogens with zero attached hydrogens (tertiary/aromatic N) is 2. The molecule has 0 aromatic carbocycles. The molecule has 0 aromatic heterocycles. The standard InChI is InChI=1S/C16H27N3O2/c20-15(13-5-2-1-3-6-13)19-10-4-7-14(19)16(21)18-11-8-17-9-12-18/h13-14,17H,1-12H2. The van der Waals surface area contributed by atoms with E-state index in [1.54, 1.807) is 0 Å². The molecule has 0 radical (unpaired) electrons. The van der Waals surface area contributed by atoms with Crippen LogP contribution in [0.1, 0.15) is 44.9 Å². The zero-order chi connectivity index (χ0) is 14.7. The molecule has 0 spiro atoms. The molecule has 3 aliphatic rings. The predicted molar refractivity (Wildman–Crippen MR) is 80.8 cm³/mol. The molecular formula is C16H27N3O2. The highest BCUT2D eigenvalue weighted by Gasteiger charge is 2.39. The number of rotatable bonds is 2. The second-order valence-electron chi connectivity index (χ2n) is 6.60. The fourth-order valence-electron chi connectivity index (χ4n) is 3.97. The number of hydrogen-bond donors (Lipinski definition) is 1. The fourth-order valence-corrected chi connectivity index (χ4v) is 3.97. The molecule has 5 nitrogen and oxygen atoms in total. The third-order valence-electron chi connectivity index (χ3n) is 5.20. The highest BCUT2D eigenvalue weighted by atomic mass is 16.2. The first-order chi connectivity index (χ1) is 10.3. The van der Waals surface area contributed by atoms with Crippen LogP contribution >= 0.6 is 0 Å². The van der Waals surface area contributed by atoms with Crippen molar-refractivity contribution in [2.45, 2.75) is 51.0 Å². The molecule has 2 aliphatic heterocycles. The van der Waals surface area contributed by atoms with Crippen LogP contribution in [-0.2, 0) is 9.59 Å². The summed E-state index contributed by atoms with van der Waals surface area (Å²) in [5.74, 6) is 0.606. The van der Waals surface area contributed by atoms with Crippen molar-refractivity contribution >= 4 is 11.8 Å². The average Bonchev–Trinajstić information content (AvgIpc) is 3.04. The van der Waals surface area contributed by atoms with E-state index < -0.39 is 0 Å². The third kappa shape index (κ3) is 3.23. The minimum absolute atomic E-state index is 0.176. The Morgan fingerprint density at radius 3 is 2.24 bits per heavy atom. The topological polar surface area (TPSA) is 52.7 Å². The molecule has 0 bridgehead atoms. The van der Waals surface area contributed by atoms with Gasteiger partial charge in [-0.2, -0.15) is 0 Å². The number of carbonyl (C=O) groups excluding carboxylic acids is 2. The van der Waals surface area contributed by atoms with Crippen LogP contribution in [0.4, 0.5) is 0 Å². The van der Waals surface area contributed by atoms with Crippen molar-refractivity contribution in [1.82, 2.24) is 15.1 Å². The van der Waals surface area contributed by atoms with Crippen molar-refractivity contribution in [3.8, 4) is 0 Å². The second kappa shape index (κ2) is 6.77. The summed E-state index contributed by atoms with van der Waals surface area (Å²) in [6, 6.07) is -0.183. The lowest BCUT2D eigenvalue weighted by Gasteiger charge is -2.34. The van der Waals surface area contributed by atoms with Gasteiger partial charge in [0.25, 0.3) is 0 Å². The summed E-state index contributed by atoms with van der Waals surface area (Å²) in [4.78, 5) is 29.3. The molecule has 1 aliphatic carbocycles. The van der Waals surface area contributed by atoms with Crippen molar-refractivity contribution in [1.29, 1.82) is 0 Å². The molecule has 3 fully saturated rings. The van der Waals surface area contributed by atoms with Crippen LogP contribution in [0.25, 0.3) is 0 Å². The van der Waals surface area contributed by atoms with E-state index in [9.17, 15) is 9.59 Å². The lowest BCUT2D eigenvalue weighted by atomic mass is 9.88. The highest BCUT2D eigenvalue weighted by molar-refractivity contribution is 5.89. The Morgan fingerprint density at radius 2 is 1.52 bits per heavy atom. The first-order valence-electron chi connectivity index (χ1n) is 8.57. The van der Waals surface area contributed by atoms with Crippen LogP contribution in [-0.4, -0.2) is 60.4 Å². The van der Waals surface area contributed by atoms with Gasteiger partial charge >= 0.3 is 0 Å². The highest BCUT2D eigenvalue weighted by Crippen LogP contribution is 2.29. The molecule has 1 unspecified atom stereocenters. The third-order valence-corrected chi connectivity index (χ3v) is 5.20. The molecular weight excluding hydrogens is 266 g/mol. The average molecular weight is 293 g/mol. The van der Waals surface area contributed by atoms with Gasteiger partial charge in [-0.15, -0.1) is 0 Å². The summed E-state index contributed by atoms with van der Waals surface area (Å²) in [5.41, 5.74) is 0. The number of amides is 2. The summed E-state index contributed by atoms with van der Waals surface area (Å²) in [5, 5.41) is 3.27. The Morgan fingerprint density at radius 1 is 0.810 bits per heavy atom. The Hall–Kier alpha value is -1.10. The van der Waals surface area contributed by atoms with E-state index >= 15 is 0 Å². The van der Waals surface area contributed by atoms with Gasteiger partial charge in [-0.05, 0) is 25.7 Å². The van der Waals surface area contributed by atoms with E-state index in [0.29, 0.717) is 0 Å². The molecule has 21 heavy (non-hydrogen) atoms. The zero-order valence-electron chi connectivity index (χ0n) is 12.9. The first kappa shape index (κ1) is 14.8. The van der Waals surface area contributed by atoms with Gasteiger partial charge in [0.2, 0.25) is 11.8 Å². The minimum Gasteiger partial charge on any atom is -0.338 e. The molecule has 1 atom stereocenters. The summed E-state index contributed by atoms with van der Waals surface area (Å²) < 4.78 is 0. The number of carbonyl (C=O) groups is 2. The van der Waals surface area contributed by atoms with Crippen molar-refractivity contribution in [2.75, 3.05) is 32.7 Å². The molecule has 3 rings (SSSR count). The quantitative estimate of drug-likeness (QED) is 0.826. The largest absolute Gasteiger partial charge is 0.338 e. The van der Waals surface area contributed by atoms with Crippen LogP contribution in [0.15, 0.2) is 0 Å².